The van der Waals surface area contributed by atoms with Crippen molar-refractivity contribution in [3.63, 3.8) is 0 Å². The maximum Gasteiger partial charge on any atom is 0.338 e. The molecule has 18 heavy (non-hydrogen) atoms. The molecule has 0 amide bonds. The summed E-state index contributed by atoms with van der Waals surface area (Å²) in [5.74, 6) is -1.44. The zero-order valence-electron chi connectivity index (χ0n) is 9.38. The van der Waals surface area contributed by atoms with Crippen molar-refractivity contribution in [3.8, 4) is 0 Å². The van der Waals surface area contributed by atoms with E-state index in [0.717, 1.165) is 14.9 Å². The molecule has 2 rings (SSSR count). The number of aromatic nitrogens is 2. The van der Waals surface area contributed by atoms with Crippen LogP contribution in [0, 0.1) is 12.7 Å². The Bertz CT molecular complexity index is 586. The lowest BCUT2D eigenvalue weighted by Gasteiger charge is -2.01. The second-order valence-corrected chi connectivity index (χ2v) is 5.90. The summed E-state index contributed by atoms with van der Waals surface area (Å²) in [7, 11) is 0. The molecule has 0 radical (unpaired) electrons. The van der Waals surface area contributed by atoms with Crippen molar-refractivity contribution in [1.29, 1.82) is 0 Å². The van der Waals surface area contributed by atoms with Crippen molar-refractivity contribution in [1.82, 2.24) is 10.2 Å². The minimum atomic E-state index is -1.26. The fraction of sp³-hybridized carbons (Fsp3) is 0.182. The largest absolute Gasteiger partial charge is 0.478 e. The summed E-state index contributed by atoms with van der Waals surface area (Å²) in [5.41, 5.74) is 0.408. The van der Waals surface area contributed by atoms with Crippen LogP contribution < -0.4 is 0 Å². The number of rotatable bonds is 4. The number of hydrogen-bond acceptors (Lipinski definition) is 5. The summed E-state index contributed by atoms with van der Waals surface area (Å²) in [6.45, 7) is 1.86. The molecule has 1 aromatic carbocycles. The molecule has 0 aliphatic heterocycles. The van der Waals surface area contributed by atoms with Crippen LogP contribution in [0.15, 0.2) is 22.5 Å². The third-order valence-corrected chi connectivity index (χ3v) is 4.18. The van der Waals surface area contributed by atoms with E-state index < -0.39 is 11.8 Å². The SMILES string of the molecule is Cc1nnc(SCc2ccc(C(=O)O)c(F)c2)s1. The first-order chi connectivity index (χ1) is 8.56. The van der Waals surface area contributed by atoms with Crippen LogP contribution in [0.3, 0.4) is 0 Å². The monoisotopic (exact) mass is 284 g/mol. The highest BCUT2D eigenvalue weighted by molar-refractivity contribution is 8.00. The first-order valence-corrected chi connectivity index (χ1v) is 6.81. The number of carbonyl (C=O) groups is 1. The highest BCUT2D eigenvalue weighted by atomic mass is 32.2. The van der Waals surface area contributed by atoms with Crippen molar-refractivity contribution in [2.75, 3.05) is 0 Å². The molecule has 0 saturated carbocycles. The van der Waals surface area contributed by atoms with Crippen LogP contribution in [0.2, 0.25) is 0 Å². The first kappa shape index (κ1) is 13.0. The van der Waals surface area contributed by atoms with Crippen molar-refractivity contribution in [3.05, 3.63) is 40.2 Å². The Kier molecular flexibility index (Phi) is 3.93. The predicted octanol–water partition coefficient (Wildman–Crippen LogP) is 2.98. The number of carboxylic acids is 1. The van der Waals surface area contributed by atoms with Gasteiger partial charge < -0.3 is 5.11 Å². The number of nitrogens with zero attached hydrogens (tertiary/aromatic N) is 2. The molecular weight excluding hydrogens is 275 g/mol. The molecular formula is C11H9FN2O2S2. The molecule has 94 valence electrons. The predicted molar refractivity (Wildman–Crippen MR) is 67.6 cm³/mol. The molecule has 0 aliphatic rings. The van der Waals surface area contributed by atoms with Gasteiger partial charge in [-0.05, 0) is 24.6 Å². The topological polar surface area (TPSA) is 63.1 Å². The van der Waals surface area contributed by atoms with E-state index in [2.05, 4.69) is 10.2 Å². The van der Waals surface area contributed by atoms with E-state index in [-0.39, 0.29) is 5.56 Å². The molecule has 0 aliphatic carbocycles. The second-order valence-electron chi connectivity index (χ2n) is 3.50. The summed E-state index contributed by atoms with van der Waals surface area (Å²) in [4.78, 5) is 10.7. The summed E-state index contributed by atoms with van der Waals surface area (Å²) in [5, 5.41) is 17.4. The van der Waals surface area contributed by atoms with Gasteiger partial charge in [0.2, 0.25) is 0 Å². The van der Waals surface area contributed by atoms with Crippen LogP contribution in [-0.2, 0) is 5.75 Å². The maximum atomic E-state index is 13.4. The van der Waals surface area contributed by atoms with Crippen LogP contribution >= 0.6 is 23.1 Å². The maximum absolute atomic E-state index is 13.4. The van der Waals surface area contributed by atoms with E-state index in [0.29, 0.717) is 5.75 Å². The summed E-state index contributed by atoms with van der Waals surface area (Å²) < 4.78 is 14.2. The Morgan fingerprint density at radius 3 is 2.83 bits per heavy atom. The average Bonchev–Trinajstić information content (AvgIpc) is 2.72. The lowest BCUT2D eigenvalue weighted by Crippen LogP contribution is -2.00. The molecule has 0 saturated heterocycles. The van der Waals surface area contributed by atoms with Crippen molar-refractivity contribution < 1.29 is 14.3 Å². The molecule has 1 N–H and O–H groups in total. The number of hydrogen-bond donors (Lipinski definition) is 1. The summed E-state index contributed by atoms with van der Waals surface area (Å²) in [6.07, 6.45) is 0. The number of thioether (sulfide) groups is 1. The van der Waals surface area contributed by atoms with Gasteiger partial charge in [0.15, 0.2) is 4.34 Å². The van der Waals surface area contributed by atoms with Crippen molar-refractivity contribution in [2.45, 2.75) is 17.0 Å². The third-order valence-electron chi connectivity index (χ3n) is 2.13. The number of carboxylic acid groups (broad SMARTS) is 1. The number of halogens is 1. The first-order valence-electron chi connectivity index (χ1n) is 5.01. The van der Waals surface area contributed by atoms with Gasteiger partial charge in [0.05, 0.1) is 5.56 Å². The van der Waals surface area contributed by atoms with E-state index >= 15 is 0 Å². The van der Waals surface area contributed by atoms with Crippen LogP contribution in [0.4, 0.5) is 4.39 Å². The normalized spacial score (nSPS) is 10.6. The summed E-state index contributed by atoms with van der Waals surface area (Å²) in [6, 6.07) is 4.12. The highest BCUT2D eigenvalue weighted by Crippen LogP contribution is 2.26. The number of aromatic carboxylic acids is 1. The van der Waals surface area contributed by atoms with E-state index in [9.17, 15) is 9.18 Å². The minimum Gasteiger partial charge on any atom is -0.478 e. The van der Waals surface area contributed by atoms with Gasteiger partial charge in [0.25, 0.3) is 0 Å². The molecule has 1 aromatic heterocycles. The zero-order valence-corrected chi connectivity index (χ0v) is 11.0. The van der Waals surface area contributed by atoms with Crippen LogP contribution in [0.5, 0.6) is 0 Å². The van der Waals surface area contributed by atoms with Gasteiger partial charge in [-0.1, -0.05) is 29.2 Å². The highest BCUT2D eigenvalue weighted by Gasteiger charge is 2.10. The van der Waals surface area contributed by atoms with Crippen LogP contribution in [0.1, 0.15) is 20.9 Å². The van der Waals surface area contributed by atoms with Gasteiger partial charge in [-0.3, -0.25) is 0 Å². The molecule has 0 spiro atoms. The van der Waals surface area contributed by atoms with Gasteiger partial charge >= 0.3 is 5.97 Å². The molecule has 4 nitrogen and oxygen atoms in total. The smallest absolute Gasteiger partial charge is 0.338 e. The second kappa shape index (κ2) is 5.45. The summed E-state index contributed by atoms with van der Waals surface area (Å²) >= 11 is 2.92. The third kappa shape index (κ3) is 3.05. The van der Waals surface area contributed by atoms with Gasteiger partial charge in [0, 0.05) is 5.75 Å². The molecule has 1 heterocycles. The molecule has 2 aromatic rings. The standard InChI is InChI=1S/C11H9FN2O2S2/c1-6-13-14-11(18-6)17-5-7-2-3-8(10(15)16)9(12)4-7/h2-4H,5H2,1H3,(H,15,16). The Balaban J connectivity index is 2.06. The number of aryl methyl sites for hydroxylation is 1. The van der Waals surface area contributed by atoms with Gasteiger partial charge in [-0.2, -0.15) is 0 Å². The minimum absolute atomic E-state index is 0.310. The van der Waals surface area contributed by atoms with E-state index in [1.807, 2.05) is 6.92 Å². The van der Waals surface area contributed by atoms with Crippen LogP contribution in [0.25, 0.3) is 0 Å². The van der Waals surface area contributed by atoms with Gasteiger partial charge in [0.1, 0.15) is 10.8 Å². The fourth-order valence-corrected chi connectivity index (χ4v) is 3.06. The van der Waals surface area contributed by atoms with Crippen molar-refractivity contribution >= 4 is 29.1 Å². The Morgan fingerprint density at radius 2 is 2.28 bits per heavy atom. The lowest BCUT2D eigenvalue weighted by atomic mass is 10.1. The number of benzene rings is 1. The molecule has 0 fully saturated rings. The van der Waals surface area contributed by atoms with E-state index in [1.165, 1.54) is 35.2 Å². The molecule has 0 atom stereocenters. The lowest BCUT2D eigenvalue weighted by molar-refractivity contribution is 0.0692. The zero-order chi connectivity index (χ0) is 13.1. The molecule has 0 unspecified atom stereocenters. The molecule has 7 heteroatoms. The average molecular weight is 284 g/mol. The Labute approximate surface area is 111 Å². The Hall–Kier alpha value is -1.47. The van der Waals surface area contributed by atoms with E-state index in [1.54, 1.807) is 6.07 Å². The molecule has 0 bridgehead atoms. The van der Waals surface area contributed by atoms with Crippen LogP contribution in [-0.4, -0.2) is 21.3 Å². The van der Waals surface area contributed by atoms with E-state index in [4.69, 9.17) is 5.11 Å². The van der Waals surface area contributed by atoms with Gasteiger partial charge in [-0.25, -0.2) is 9.18 Å². The van der Waals surface area contributed by atoms with Crippen molar-refractivity contribution in [2.24, 2.45) is 0 Å². The van der Waals surface area contributed by atoms with Gasteiger partial charge in [-0.15, -0.1) is 10.2 Å². The fourth-order valence-electron chi connectivity index (χ4n) is 1.30. The quantitative estimate of drug-likeness (QED) is 0.874. The Morgan fingerprint density at radius 1 is 1.50 bits per heavy atom.